The van der Waals surface area contributed by atoms with Gasteiger partial charge in [0.2, 0.25) is 5.76 Å². The summed E-state index contributed by atoms with van der Waals surface area (Å²) in [5.41, 5.74) is 1.39. The van der Waals surface area contributed by atoms with Gasteiger partial charge in [-0.1, -0.05) is 24.6 Å². The first-order valence-corrected chi connectivity index (χ1v) is 7.14. The molecule has 106 valence electrons. The quantitative estimate of drug-likeness (QED) is 0.876. The Morgan fingerprint density at radius 3 is 2.85 bits per heavy atom. The first-order valence-electron chi connectivity index (χ1n) is 7.14. The lowest BCUT2D eigenvalue weighted by molar-refractivity contribution is 0.0663. The predicted octanol–water partition coefficient (Wildman–Crippen LogP) is 3.41. The van der Waals surface area contributed by atoms with E-state index in [1.165, 1.54) is 19.3 Å². The zero-order chi connectivity index (χ0) is 14.1. The van der Waals surface area contributed by atoms with Gasteiger partial charge in [0.1, 0.15) is 5.58 Å². The highest BCUT2D eigenvalue weighted by Gasteiger charge is 2.25. The minimum atomic E-state index is -1.01. The molecule has 1 heterocycles. The third-order valence-electron chi connectivity index (χ3n) is 4.35. The van der Waals surface area contributed by atoms with Gasteiger partial charge in [-0.15, -0.1) is 0 Å². The van der Waals surface area contributed by atoms with Crippen LogP contribution in [0.1, 0.15) is 42.3 Å². The number of furan rings is 1. The Morgan fingerprint density at radius 2 is 2.20 bits per heavy atom. The number of carbonyl (C=O) groups is 1. The normalized spacial score (nSPS) is 17.1. The Bertz CT molecular complexity index is 628. The van der Waals surface area contributed by atoms with Gasteiger partial charge in [0, 0.05) is 23.5 Å². The van der Waals surface area contributed by atoms with Crippen molar-refractivity contribution >= 4 is 16.9 Å². The summed E-state index contributed by atoms with van der Waals surface area (Å²) in [4.78, 5) is 11.3. The number of fused-ring (bicyclic) bond motifs is 1. The zero-order valence-corrected chi connectivity index (χ0v) is 11.6. The van der Waals surface area contributed by atoms with Crippen LogP contribution in [0.15, 0.2) is 28.7 Å². The number of benzene rings is 1. The Kier molecular flexibility index (Phi) is 3.49. The predicted molar refractivity (Wildman–Crippen MR) is 76.8 cm³/mol. The molecular weight excluding hydrogens is 254 g/mol. The average Bonchev–Trinajstić information content (AvgIpc) is 2.73. The summed E-state index contributed by atoms with van der Waals surface area (Å²) >= 11 is 0. The van der Waals surface area contributed by atoms with Crippen molar-refractivity contribution in [3.63, 3.8) is 0 Å². The third-order valence-corrected chi connectivity index (χ3v) is 4.35. The molecule has 0 saturated heterocycles. The molecule has 0 bridgehead atoms. The molecule has 1 unspecified atom stereocenters. The highest BCUT2D eigenvalue weighted by Crippen LogP contribution is 2.30. The second-order valence-corrected chi connectivity index (χ2v) is 5.57. The van der Waals surface area contributed by atoms with E-state index in [-0.39, 0.29) is 5.76 Å². The number of carboxylic acid groups (broad SMARTS) is 1. The largest absolute Gasteiger partial charge is 0.475 e. The Morgan fingerprint density at radius 1 is 1.45 bits per heavy atom. The fourth-order valence-corrected chi connectivity index (χ4v) is 2.82. The molecule has 0 radical (unpaired) electrons. The topological polar surface area (TPSA) is 62.5 Å². The molecule has 2 N–H and O–H groups in total. The number of carboxylic acids is 1. The minimum absolute atomic E-state index is 0.0551. The molecule has 4 nitrogen and oxygen atoms in total. The van der Waals surface area contributed by atoms with Crippen LogP contribution in [0.3, 0.4) is 0 Å². The molecule has 1 atom stereocenters. The van der Waals surface area contributed by atoms with Crippen molar-refractivity contribution in [1.82, 2.24) is 5.32 Å². The number of para-hydroxylation sites is 1. The van der Waals surface area contributed by atoms with Gasteiger partial charge in [-0.05, 0) is 31.7 Å². The average molecular weight is 273 g/mol. The molecular formula is C16H19NO3. The van der Waals surface area contributed by atoms with Crippen molar-refractivity contribution in [3.05, 3.63) is 35.6 Å². The van der Waals surface area contributed by atoms with Gasteiger partial charge >= 0.3 is 5.97 Å². The van der Waals surface area contributed by atoms with Crippen LogP contribution >= 0.6 is 0 Å². The maximum absolute atomic E-state index is 11.3. The standard InChI is InChI=1S/C16H19NO3/c1-10(11-5-4-6-11)17-9-13-12-7-2-3-8-14(12)20-15(13)16(18)19/h2-3,7-8,10-11,17H,4-6,9H2,1H3,(H,18,19). The molecule has 1 saturated carbocycles. The molecule has 20 heavy (non-hydrogen) atoms. The highest BCUT2D eigenvalue weighted by molar-refractivity contribution is 5.95. The number of aromatic carboxylic acids is 1. The SMILES string of the molecule is CC(NCc1c(C(=O)O)oc2ccccc12)C1CCC1. The van der Waals surface area contributed by atoms with Crippen LogP contribution < -0.4 is 5.32 Å². The number of rotatable bonds is 5. The minimum Gasteiger partial charge on any atom is -0.475 e. The summed E-state index contributed by atoms with van der Waals surface area (Å²) < 4.78 is 5.45. The van der Waals surface area contributed by atoms with E-state index in [2.05, 4.69) is 12.2 Å². The van der Waals surface area contributed by atoms with Crippen LogP contribution in [-0.4, -0.2) is 17.1 Å². The molecule has 0 aliphatic heterocycles. The lowest BCUT2D eigenvalue weighted by atomic mass is 9.80. The van der Waals surface area contributed by atoms with Crippen molar-refractivity contribution in [2.45, 2.75) is 38.8 Å². The van der Waals surface area contributed by atoms with Crippen LogP contribution in [0.25, 0.3) is 11.0 Å². The van der Waals surface area contributed by atoms with E-state index in [0.717, 1.165) is 16.9 Å². The van der Waals surface area contributed by atoms with Crippen molar-refractivity contribution in [1.29, 1.82) is 0 Å². The Balaban J connectivity index is 1.84. The lowest BCUT2D eigenvalue weighted by Crippen LogP contribution is -2.36. The van der Waals surface area contributed by atoms with E-state index in [0.29, 0.717) is 18.2 Å². The van der Waals surface area contributed by atoms with Gasteiger partial charge in [0.15, 0.2) is 0 Å². The fraction of sp³-hybridized carbons (Fsp3) is 0.438. The summed E-state index contributed by atoms with van der Waals surface area (Å²) in [5, 5.41) is 13.6. The van der Waals surface area contributed by atoms with E-state index in [9.17, 15) is 9.90 Å². The number of hydrogen-bond acceptors (Lipinski definition) is 3. The highest BCUT2D eigenvalue weighted by atomic mass is 16.4. The van der Waals surface area contributed by atoms with E-state index in [4.69, 9.17) is 4.42 Å². The lowest BCUT2D eigenvalue weighted by Gasteiger charge is -2.32. The number of hydrogen-bond donors (Lipinski definition) is 2. The van der Waals surface area contributed by atoms with Crippen LogP contribution in [0.5, 0.6) is 0 Å². The summed E-state index contributed by atoms with van der Waals surface area (Å²) in [6, 6.07) is 7.89. The molecule has 0 spiro atoms. The molecule has 1 aromatic heterocycles. The Labute approximate surface area is 117 Å². The summed E-state index contributed by atoms with van der Waals surface area (Å²) in [6.07, 6.45) is 3.85. The molecule has 2 aromatic rings. The monoisotopic (exact) mass is 273 g/mol. The smallest absolute Gasteiger partial charge is 0.372 e. The molecule has 3 rings (SSSR count). The van der Waals surface area contributed by atoms with Gasteiger partial charge in [-0.2, -0.15) is 0 Å². The van der Waals surface area contributed by atoms with Crippen LogP contribution in [0, 0.1) is 5.92 Å². The number of nitrogens with one attached hydrogen (secondary N) is 1. The summed E-state index contributed by atoms with van der Waals surface area (Å²) in [6.45, 7) is 2.71. The van der Waals surface area contributed by atoms with E-state index in [1.807, 2.05) is 18.2 Å². The first kappa shape index (κ1) is 13.2. The van der Waals surface area contributed by atoms with Crippen molar-refractivity contribution < 1.29 is 14.3 Å². The molecule has 1 aromatic carbocycles. The van der Waals surface area contributed by atoms with E-state index >= 15 is 0 Å². The molecule has 0 amide bonds. The maximum Gasteiger partial charge on any atom is 0.372 e. The summed E-state index contributed by atoms with van der Waals surface area (Å²) in [7, 11) is 0. The fourth-order valence-electron chi connectivity index (χ4n) is 2.82. The molecule has 1 aliphatic carbocycles. The Hall–Kier alpha value is -1.81. The van der Waals surface area contributed by atoms with Crippen molar-refractivity contribution in [3.8, 4) is 0 Å². The zero-order valence-electron chi connectivity index (χ0n) is 11.6. The van der Waals surface area contributed by atoms with Gasteiger partial charge in [-0.25, -0.2) is 4.79 Å². The van der Waals surface area contributed by atoms with Gasteiger partial charge < -0.3 is 14.8 Å². The third kappa shape index (κ3) is 2.31. The van der Waals surface area contributed by atoms with Gasteiger partial charge in [0.05, 0.1) is 0 Å². The van der Waals surface area contributed by atoms with Gasteiger partial charge in [-0.3, -0.25) is 0 Å². The molecule has 1 fully saturated rings. The summed E-state index contributed by atoms with van der Waals surface area (Å²) in [5.74, 6) is -0.227. The van der Waals surface area contributed by atoms with E-state index in [1.54, 1.807) is 6.07 Å². The van der Waals surface area contributed by atoms with E-state index < -0.39 is 5.97 Å². The second kappa shape index (κ2) is 5.29. The van der Waals surface area contributed by atoms with Crippen molar-refractivity contribution in [2.75, 3.05) is 0 Å². The van der Waals surface area contributed by atoms with Crippen LogP contribution in [-0.2, 0) is 6.54 Å². The first-order chi connectivity index (χ1) is 9.66. The second-order valence-electron chi connectivity index (χ2n) is 5.57. The van der Waals surface area contributed by atoms with Crippen LogP contribution in [0.2, 0.25) is 0 Å². The van der Waals surface area contributed by atoms with Crippen molar-refractivity contribution in [2.24, 2.45) is 5.92 Å². The van der Waals surface area contributed by atoms with Crippen LogP contribution in [0.4, 0.5) is 0 Å². The molecule has 4 heteroatoms. The molecule has 1 aliphatic rings. The van der Waals surface area contributed by atoms with Gasteiger partial charge in [0.25, 0.3) is 0 Å². The maximum atomic E-state index is 11.3.